The van der Waals surface area contributed by atoms with Crippen LogP contribution in [0, 0.1) is 13.8 Å². The fourth-order valence-corrected chi connectivity index (χ4v) is 3.63. The minimum absolute atomic E-state index is 0.168. The van der Waals surface area contributed by atoms with Crippen molar-refractivity contribution < 1.29 is 14.3 Å². The molecule has 0 radical (unpaired) electrons. The molecule has 0 unspecified atom stereocenters. The highest BCUT2D eigenvalue weighted by atomic mass is 16.5. The number of rotatable bonds is 5. The molecule has 136 valence electrons. The van der Waals surface area contributed by atoms with Crippen molar-refractivity contribution in [2.24, 2.45) is 0 Å². The Morgan fingerprint density at radius 3 is 2.35 bits per heavy atom. The van der Waals surface area contributed by atoms with Gasteiger partial charge in [-0.15, -0.1) is 0 Å². The lowest BCUT2D eigenvalue weighted by Gasteiger charge is -2.22. The van der Waals surface area contributed by atoms with E-state index in [1.165, 1.54) is 37.7 Å². The highest BCUT2D eigenvalue weighted by Crippen LogP contribution is 2.32. The van der Waals surface area contributed by atoms with Crippen LogP contribution in [0.2, 0.25) is 0 Å². The topological polar surface area (TPSA) is 43.4 Å². The predicted molar refractivity (Wildman–Crippen MR) is 103 cm³/mol. The van der Waals surface area contributed by atoms with Crippen molar-refractivity contribution in [3.8, 4) is 0 Å². The van der Waals surface area contributed by atoms with Gasteiger partial charge in [0, 0.05) is 5.56 Å². The number of carbonyl (C=O) groups is 2. The van der Waals surface area contributed by atoms with Crippen LogP contribution >= 0.6 is 0 Å². The van der Waals surface area contributed by atoms with E-state index in [0.29, 0.717) is 17.0 Å². The number of hydrogen-bond donors (Lipinski definition) is 0. The van der Waals surface area contributed by atoms with Crippen LogP contribution in [0.1, 0.15) is 75.4 Å². The van der Waals surface area contributed by atoms with Crippen LogP contribution in [0.15, 0.2) is 42.5 Å². The van der Waals surface area contributed by atoms with E-state index in [1.807, 2.05) is 38.1 Å². The van der Waals surface area contributed by atoms with Crippen molar-refractivity contribution in [1.82, 2.24) is 0 Å². The number of aryl methyl sites for hydroxylation is 2. The Morgan fingerprint density at radius 2 is 1.65 bits per heavy atom. The summed E-state index contributed by atoms with van der Waals surface area (Å²) in [5, 5.41) is 0. The van der Waals surface area contributed by atoms with Gasteiger partial charge in [-0.05, 0) is 49.8 Å². The summed E-state index contributed by atoms with van der Waals surface area (Å²) >= 11 is 0. The third-order valence-electron chi connectivity index (χ3n) is 5.26. The number of carbonyl (C=O) groups excluding carboxylic acids is 2. The summed E-state index contributed by atoms with van der Waals surface area (Å²) in [4.78, 5) is 24.6. The van der Waals surface area contributed by atoms with Crippen LogP contribution in [0.3, 0.4) is 0 Å². The van der Waals surface area contributed by atoms with Crippen molar-refractivity contribution in [3.05, 3.63) is 70.3 Å². The summed E-state index contributed by atoms with van der Waals surface area (Å²) in [7, 11) is 0. The molecule has 0 N–H and O–H groups in total. The third kappa shape index (κ3) is 4.40. The molecule has 0 heterocycles. The Balaban J connectivity index is 1.59. The van der Waals surface area contributed by atoms with Crippen molar-refractivity contribution >= 4 is 11.8 Å². The summed E-state index contributed by atoms with van der Waals surface area (Å²) < 4.78 is 5.24. The Hall–Kier alpha value is -2.42. The first-order chi connectivity index (χ1) is 12.5. The van der Waals surface area contributed by atoms with Gasteiger partial charge in [0.2, 0.25) is 0 Å². The first-order valence-electron chi connectivity index (χ1n) is 9.42. The number of hydrogen-bond acceptors (Lipinski definition) is 3. The zero-order valence-corrected chi connectivity index (χ0v) is 15.6. The van der Waals surface area contributed by atoms with Gasteiger partial charge in [0.15, 0.2) is 12.4 Å². The zero-order valence-electron chi connectivity index (χ0n) is 15.6. The molecule has 0 bridgehead atoms. The van der Waals surface area contributed by atoms with Crippen LogP contribution in [0.5, 0.6) is 0 Å². The molecule has 0 aliphatic heterocycles. The van der Waals surface area contributed by atoms with E-state index in [2.05, 4.69) is 12.1 Å². The molecule has 0 atom stereocenters. The lowest BCUT2D eigenvalue weighted by molar-refractivity contribution is 0.0474. The van der Waals surface area contributed by atoms with Gasteiger partial charge in [-0.2, -0.15) is 0 Å². The summed E-state index contributed by atoms with van der Waals surface area (Å²) in [5.41, 5.74) is 4.27. The molecule has 2 aromatic carbocycles. The molecule has 0 saturated heterocycles. The third-order valence-corrected chi connectivity index (χ3v) is 5.26. The molecular formula is C23H26O3. The number of benzene rings is 2. The molecule has 1 fully saturated rings. The van der Waals surface area contributed by atoms with E-state index in [4.69, 9.17) is 4.74 Å². The van der Waals surface area contributed by atoms with Gasteiger partial charge in [0.1, 0.15) is 0 Å². The van der Waals surface area contributed by atoms with Crippen molar-refractivity contribution in [3.63, 3.8) is 0 Å². The van der Waals surface area contributed by atoms with E-state index in [1.54, 1.807) is 6.07 Å². The molecule has 3 nitrogen and oxygen atoms in total. The average molecular weight is 350 g/mol. The molecule has 1 aliphatic rings. The number of Topliss-reactive ketones (excluding diaryl/α,β-unsaturated/α-hetero) is 1. The molecule has 3 rings (SSSR count). The first-order valence-corrected chi connectivity index (χ1v) is 9.42. The SMILES string of the molecule is Cc1ccc(C)c(C(=O)OCC(=O)c2ccc(C3CCCCC3)cc2)c1. The smallest absolute Gasteiger partial charge is 0.338 e. The van der Waals surface area contributed by atoms with Gasteiger partial charge in [-0.25, -0.2) is 4.79 Å². The Labute approximate surface area is 155 Å². The van der Waals surface area contributed by atoms with Crippen molar-refractivity contribution in [2.75, 3.05) is 6.61 Å². The van der Waals surface area contributed by atoms with Gasteiger partial charge in [0.05, 0.1) is 5.56 Å². The van der Waals surface area contributed by atoms with E-state index in [-0.39, 0.29) is 12.4 Å². The predicted octanol–water partition coefficient (Wildman–Crippen LogP) is 5.39. The van der Waals surface area contributed by atoms with Crippen LogP contribution in [-0.2, 0) is 4.74 Å². The molecule has 0 amide bonds. The lowest BCUT2D eigenvalue weighted by atomic mass is 9.84. The second kappa shape index (κ2) is 8.31. The molecule has 3 heteroatoms. The molecule has 0 aromatic heterocycles. The van der Waals surface area contributed by atoms with Crippen LogP contribution < -0.4 is 0 Å². The molecule has 2 aromatic rings. The summed E-state index contributed by atoms with van der Waals surface area (Å²) in [6, 6.07) is 13.4. The highest BCUT2D eigenvalue weighted by Gasteiger charge is 2.17. The molecule has 26 heavy (non-hydrogen) atoms. The maximum Gasteiger partial charge on any atom is 0.338 e. The fraction of sp³-hybridized carbons (Fsp3) is 0.391. The van der Waals surface area contributed by atoms with Gasteiger partial charge in [-0.1, -0.05) is 61.2 Å². The average Bonchev–Trinajstić information content (AvgIpc) is 2.68. The minimum Gasteiger partial charge on any atom is -0.454 e. The van der Waals surface area contributed by atoms with Crippen LogP contribution in [0.4, 0.5) is 0 Å². The molecule has 1 aliphatic carbocycles. The number of ketones is 1. The summed E-state index contributed by atoms with van der Waals surface area (Å²) in [6.07, 6.45) is 6.39. The molecule has 0 spiro atoms. The number of esters is 1. The van der Waals surface area contributed by atoms with Gasteiger partial charge >= 0.3 is 5.97 Å². The quantitative estimate of drug-likeness (QED) is 0.536. The second-order valence-corrected chi connectivity index (χ2v) is 7.27. The van der Waals surface area contributed by atoms with Gasteiger partial charge in [0.25, 0.3) is 0 Å². The summed E-state index contributed by atoms with van der Waals surface area (Å²) in [5.74, 6) is 0.00671. The Bertz CT molecular complexity index is 784. The lowest BCUT2D eigenvalue weighted by Crippen LogP contribution is -2.15. The van der Waals surface area contributed by atoms with Crippen LogP contribution in [-0.4, -0.2) is 18.4 Å². The minimum atomic E-state index is -0.446. The fourth-order valence-electron chi connectivity index (χ4n) is 3.63. The van der Waals surface area contributed by atoms with Gasteiger partial charge in [-0.3, -0.25) is 4.79 Å². The van der Waals surface area contributed by atoms with Crippen molar-refractivity contribution in [2.45, 2.75) is 51.9 Å². The van der Waals surface area contributed by atoms with Crippen LogP contribution in [0.25, 0.3) is 0 Å². The van der Waals surface area contributed by atoms with E-state index in [9.17, 15) is 9.59 Å². The first kappa shape index (κ1) is 18.4. The maximum absolute atomic E-state index is 12.3. The second-order valence-electron chi connectivity index (χ2n) is 7.27. The maximum atomic E-state index is 12.3. The Kier molecular flexibility index (Phi) is 5.87. The zero-order chi connectivity index (χ0) is 18.5. The number of ether oxygens (including phenoxy) is 1. The standard InChI is InChI=1S/C23H26O3/c1-16-8-9-17(2)21(14-16)23(25)26-15-22(24)20-12-10-19(11-13-20)18-6-4-3-5-7-18/h8-14,18H,3-7,15H2,1-2H3. The highest BCUT2D eigenvalue weighted by molar-refractivity contribution is 5.99. The Morgan fingerprint density at radius 1 is 0.962 bits per heavy atom. The molecule has 1 saturated carbocycles. The largest absolute Gasteiger partial charge is 0.454 e. The monoisotopic (exact) mass is 350 g/mol. The van der Waals surface area contributed by atoms with Crippen molar-refractivity contribution in [1.29, 1.82) is 0 Å². The normalized spacial score (nSPS) is 14.8. The van der Waals surface area contributed by atoms with E-state index >= 15 is 0 Å². The molecular weight excluding hydrogens is 324 g/mol. The van der Waals surface area contributed by atoms with E-state index in [0.717, 1.165) is 11.1 Å². The van der Waals surface area contributed by atoms with Gasteiger partial charge < -0.3 is 4.74 Å². The summed E-state index contributed by atoms with van der Waals surface area (Å²) in [6.45, 7) is 3.56. The van der Waals surface area contributed by atoms with E-state index < -0.39 is 5.97 Å².